The highest BCUT2D eigenvalue weighted by molar-refractivity contribution is 7.98. The number of nitrogens with zero attached hydrogens (tertiary/aromatic N) is 1. The highest BCUT2D eigenvalue weighted by atomic mass is 32.2. The second-order valence-corrected chi connectivity index (χ2v) is 5.71. The zero-order valence-corrected chi connectivity index (χ0v) is 12.2. The molecule has 19 heavy (non-hydrogen) atoms. The van der Waals surface area contributed by atoms with E-state index in [0.29, 0.717) is 12.6 Å². The Morgan fingerprint density at radius 2 is 2.05 bits per heavy atom. The van der Waals surface area contributed by atoms with Gasteiger partial charge in [0, 0.05) is 17.5 Å². The predicted octanol–water partition coefficient (Wildman–Crippen LogP) is 2.79. The summed E-state index contributed by atoms with van der Waals surface area (Å²) >= 11 is 1.59. The van der Waals surface area contributed by atoms with Crippen molar-refractivity contribution in [3.8, 4) is 0 Å². The lowest BCUT2D eigenvalue weighted by atomic mass is 10.1. The van der Waals surface area contributed by atoms with Crippen molar-refractivity contribution in [1.82, 2.24) is 4.90 Å². The Labute approximate surface area is 119 Å². The molecule has 1 aliphatic rings. The molecule has 0 aromatic heterocycles. The maximum Gasteiger partial charge on any atom is 0.255 e. The number of carbonyl (C=O) groups excluding carboxylic acids is 1. The maximum atomic E-state index is 12.7. The highest BCUT2D eigenvalue weighted by Gasteiger charge is 2.27. The fourth-order valence-corrected chi connectivity index (χ4v) is 3.34. The van der Waals surface area contributed by atoms with Crippen LogP contribution in [0.4, 0.5) is 0 Å². The van der Waals surface area contributed by atoms with Gasteiger partial charge in [0.15, 0.2) is 0 Å². The smallest absolute Gasteiger partial charge is 0.255 e. The summed E-state index contributed by atoms with van der Waals surface area (Å²) in [6.45, 7) is 0.468. The average molecular weight is 279 g/mol. The molecule has 0 atom stereocenters. The standard InChI is InChI=1S/C15H21NO2S/c1-19-14-9-5-4-8-13(14)15(18)16(10-11-17)12-6-2-3-7-12/h4-5,8-9,12,17H,2-3,6-7,10-11H2,1H3. The Hall–Kier alpha value is -1.00. The quantitative estimate of drug-likeness (QED) is 0.843. The second kappa shape index (κ2) is 6.96. The summed E-state index contributed by atoms with van der Waals surface area (Å²) in [6, 6.07) is 8.01. The van der Waals surface area contributed by atoms with E-state index < -0.39 is 0 Å². The van der Waals surface area contributed by atoms with Crippen LogP contribution in [-0.2, 0) is 0 Å². The maximum absolute atomic E-state index is 12.7. The first-order valence-corrected chi connectivity index (χ1v) is 8.05. The molecule has 4 heteroatoms. The van der Waals surface area contributed by atoms with Crippen molar-refractivity contribution in [1.29, 1.82) is 0 Å². The number of amides is 1. The van der Waals surface area contributed by atoms with Gasteiger partial charge in [-0.15, -0.1) is 11.8 Å². The molecule has 104 valence electrons. The third-order valence-corrected chi connectivity index (χ3v) is 4.50. The van der Waals surface area contributed by atoms with Crippen LogP contribution in [0.3, 0.4) is 0 Å². The minimum absolute atomic E-state index is 0.0314. The van der Waals surface area contributed by atoms with Gasteiger partial charge in [-0.2, -0.15) is 0 Å². The normalized spacial score (nSPS) is 15.7. The molecule has 1 fully saturated rings. The van der Waals surface area contributed by atoms with Gasteiger partial charge < -0.3 is 10.0 Å². The predicted molar refractivity (Wildman–Crippen MR) is 78.6 cm³/mol. The zero-order chi connectivity index (χ0) is 13.7. The van der Waals surface area contributed by atoms with Gasteiger partial charge in [0.2, 0.25) is 0 Å². The number of hydrogen-bond acceptors (Lipinski definition) is 3. The molecule has 0 saturated heterocycles. The van der Waals surface area contributed by atoms with Gasteiger partial charge in [-0.25, -0.2) is 0 Å². The van der Waals surface area contributed by atoms with E-state index in [9.17, 15) is 9.90 Å². The monoisotopic (exact) mass is 279 g/mol. The molecule has 0 radical (unpaired) electrons. The SMILES string of the molecule is CSc1ccccc1C(=O)N(CCO)C1CCCC1. The third kappa shape index (κ3) is 3.31. The van der Waals surface area contributed by atoms with E-state index in [-0.39, 0.29) is 12.5 Å². The third-order valence-electron chi connectivity index (χ3n) is 3.70. The molecule has 0 heterocycles. The topological polar surface area (TPSA) is 40.5 Å². The van der Waals surface area contributed by atoms with E-state index >= 15 is 0 Å². The Kier molecular flexibility index (Phi) is 5.28. The molecule has 0 bridgehead atoms. The van der Waals surface area contributed by atoms with Gasteiger partial charge in [0.25, 0.3) is 5.91 Å². The van der Waals surface area contributed by atoms with Gasteiger partial charge in [-0.1, -0.05) is 25.0 Å². The first kappa shape index (κ1) is 14.4. The minimum atomic E-state index is 0.0314. The largest absolute Gasteiger partial charge is 0.395 e. The van der Waals surface area contributed by atoms with Crippen LogP contribution in [0, 0.1) is 0 Å². The van der Waals surface area contributed by atoms with Crippen molar-refractivity contribution in [2.75, 3.05) is 19.4 Å². The molecule has 1 aromatic carbocycles. The van der Waals surface area contributed by atoms with Crippen LogP contribution in [0.1, 0.15) is 36.0 Å². The second-order valence-electron chi connectivity index (χ2n) is 4.86. The van der Waals surface area contributed by atoms with E-state index in [1.807, 2.05) is 35.4 Å². The summed E-state index contributed by atoms with van der Waals surface area (Å²) in [7, 11) is 0. The van der Waals surface area contributed by atoms with Crippen molar-refractivity contribution < 1.29 is 9.90 Å². The van der Waals surface area contributed by atoms with Crippen LogP contribution in [0.25, 0.3) is 0 Å². The van der Waals surface area contributed by atoms with Crippen LogP contribution in [0.15, 0.2) is 29.2 Å². The van der Waals surface area contributed by atoms with E-state index in [1.54, 1.807) is 11.8 Å². The summed E-state index contributed by atoms with van der Waals surface area (Å²) in [5.41, 5.74) is 0.760. The molecule has 3 nitrogen and oxygen atoms in total. The van der Waals surface area contributed by atoms with Crippen molar-refractivity contribution in [2.24, 2.45) is 0 Å². The number of carbonyl (C=O) groups is 1. The van der Waals surface area contributed by atoms with E-state index in [1.165, 1.54) is 12.8 Å². The fourth-order valence-electron chi connectivity index (χ4n) is 2.75. The first-order valence-electron chi connectivity index (χ1n) is 6.82. The van der Waals surface area contributed by atoms with Gasteiger partial charge in [0.1, 0.15) is 0 Å². The van der Waals surface area contributed by atoms with Crippen molar-refractivity contribution >= 4 is 17.7 Å². The Morgan fingerprint density at radius 1 is 1.37 bits per heavy atom. The van der Waals surface area contributed by atoms with Crippen molar-refractivity contribution in [2.45, 2.75) is 36.6 Å². The van der Waals surface area contributed by atoms with Gasteiger partial charge in [-0.3, -0.25) is 4.79 Å². The molecule has 1 aliphatic carbocycles. The van der Waals surface area contributed by atoms with Crippen LogP contribution in [-0.4, -0.2) is 41.4 Å². The lowest BCUT2D eigenvalue weighted by Gasteiger charge is -2.29. The average Bonchev–Trinajstić information content (AvgIpc) is 2.98. The van der Waals surface area contributed by atoms with Gasteiger partial charge >= 0.3 is 0 Å². The number of aliphatic hydroxyl groups excluding tert-OH is 1. The van der Waals surface area contributed by atoms with Crippen LogP contribution in [0.2, 0.25) is 0 Å². The Balaban J connectivity index is 2.22. The highest BCUT2D eigenvalue weighted by Crippen LogP contribution is 2.27. The number of thioether (sulfide) groups is 1. The lowest BCUT2D eigenvalue weighted by Crippen LogP contribution is -2.40. The molecular weight excluding hydrogens is 258 g/mol. The fraction of sp³-hybridized carbons (Fsp3) is 0.533. The van der Waals surface area contributed by atoms with Crippen LogP contribution < -0.4 is 0 Å². The molecule has 0 aliphatic heterocycles. The minimum Gasteiger partial charge on any atom is -0.395 e. The summed E-state index contributed by atoms with van der Waals surface area (Å²) in [4.78, 5) is 15.6. The molecular formula is C15H21NO2S. The number of rotatable bonds is 5. The number of aliphatic hydroxyl groups is 1. The van der Waals surface area contributed by atoms with Crippen LogP contribution >= 0.6 is 11.8 Å². The van der Waals surface area contributed by atoms with Crippen molar-refractivity contribution in [3.63, 3.8) is 0 Å². The van der Waals surface area contributed by atoms with E-state index in [2.05, 4.69) is 0 Å². The number of benzene rings is 1. The molecule has 1 saturated carbocycles. The number of hydrogen-bond donors (Lipinski definition) is 1. The first-order chi connectivity index (χ1) is 9.27. The lowest BCUT2D eigenvalue weighted by molar-refractivity contribution is 0.0634. The molecule has 0 spiro atoms. The molecule has 1 aromatic rings. The van der Waals surface area contributed by atoms with Crippen molar-refractivity contribution in [3.05, 3.63) is 29.8 Å². The molecule has 2 rings (SSSR count). The molecule has 0 unspecified atom stereocenters. The van der Waals surface area contributed by atoms with Gasteiger partial charge in [-0.05, 0) is 31.2 Å². The van der Waals surface area contributed by atoms with Gasteiger partial charge in [0.05, 0.1) is 12.2 Å². The van der Waals surface area contributed by atoms with Crippen LogP contribution in [0.5, 0.6) is 0 Å². The summed E-state index contributed by atoms with van der Waals surface area (Å²) in [5.74, 6) is 0.0610. The van der Waals surface area contributed by atoms with E-state index in [4.69, 9.17) is 0 Å². The Morgan fingerprint density at radius 3 is 2.68 bits per heavy atom. The summed E-state index contributed by atoms with van der Waals surface area (Å²) in [5, 5.41) is 9.22. The van der Waals surface area contributed by atoms with E-state index in [0.717, 1.165) is 23.3 Å². The molecule has 1 amide bonds. The summed E-state index contributed by atoms with van der Waals surface area (Å²) < 4.78 is 0. The summed E-state index contributed by atoms with van der Waals surface area (Å²) in [6.07, 6.45) is 6.48. The Bertz CT molecular complexity index is 430. The molecule has 1 N–H and O–H groups in total. The zero-order valence-electron chi connectivity index (χ0n) is 11.3.